The predicted octanol–water partition coefficient (Wildman–Crippen LogP) is 2.05. The van der Waals surface area contributed by atoms with Gasteiger partial charge in [-0.25, -0.2) is 4.98 Å². The standard InChI is InChI=1S/C20H23N3O5/c1-13-17(21-18(28-13)14-6-4-3-5-7-14)19(25)22(2)12-16(24)23-10-8-15(9-11-23)20(26)27/h3-7,15H,8-12H2,1-2H3,(H,26,27). The van der Waals surface area contributed by atoms with Crippen molar-refractivity contribution in [3.63, 3.8) is 0 Å². The summed E-state index contributed by atoms with van der Waals surface area (Å²) in [7, 11) is 1.54. The van der Waals surface area contributed by atoms with Crippen molar-refractivity contribution in [2.75, 3.05) is 26.7 Å². The number of benzene rings is 1. The number of hydrogen-bond donors (Lipinski definition) is 1. The van der Waals surface area contributed by atoms with E-state index < -0.39 is 17.8 Å². The summed E-state index contributed by atoms with van der Waals surface area (Å²) in [5.41, 5.74) is 0.948. The van der Waals surface area contributed by atoms with E-state index in [4.69, 9.17) is 9.52 Å². The third kappa shape index (κ3) is 4.21. The first kappa shape index (κ1) is 19.6. The molecule has 1 aliphatic heterocycles. The molecule has 8 nitrogen and oxygen atoms in total. The average Bonchev–Trinajstić information content (AvgIpc) is 3.09. The number of carbonyl (C=O) groups excluding carboxylic acids is 2. The molecule has 1 aliphatic rings. The number of hydrogen-bond acceptors (Lipinski definition) is 5. The van der Waals surface area contributed by atoms with Crippen molar-refractivity contribution < 1.29 is 23.9 Å². The lowest BCUT2D eigenvalue weighted by atomic mass is 9.97. The van der Waals surface area contributed by atoms with E-state index >= 15 is 0 Å². The van der Waals surface area contributed by atoms with E-state index in [1.165, 1.54) is 4.90 Å². The zero-order valence-corrected chi connectivity index (χ0v) is 15.9. The Balaban J connectivity index is 1.63. The molecule has 2 aromatic rings. The highest BCUT2D eigenvalue weighted by atomic mass is 16.4. The molecule has 0 unspecified atom stereocenters. The highest BCUT2D eigenvalue weighted by Crippen LogP contribution is 2.22. The number of rotatable bonds is 5. The van der Waals surface area contributed by atoms with Crippen LogP contribution < -0.4 is 0 Å². The number of aliphatic carboxylic acids is 1. The normalized spacial score (nSPS) is 14.7. The molecular formula is C20H23N3O5. The molecule has 0 radical (unpaired) electrons. The first-order valence-corrected chi connectivity index (χ1v) is 9.15. The van der Waals surface area contributed by atoms with Crippen LogP contribution in [-0.2, 0) is 9.59 Å². The summed E-state index contributed by atoms with van der Waals surface area (Å²) in [5, 5.41) is 9.05. The second kappa shape index (κ2) is 8.24. The number of likely N-dealkylation sites (tertiary alicyclic amines) is 1. The van der Waals surface area contributed by atoms with E-state index in [0.717, 1.165) is 5.56 Å². The molecule has 2 heterocycles. The predicted molar refractivity (Wildman–Crippen MR) is 101 cm³/mol. The molecule has 3 rings (SSSR count). The minimum absolute atomic E-state index is 0.0937. The summed E-state index contributed by atoms with van der Waals surface area (Å²) in [6.45, 7) is 2.35. The van der Waals surface area contributed by atoms with E-state index in [2.05, 4.69) is 4.98 Å². The van der Waals surface area contributed by atoms with Gasteiger partial charge in [-0.1, -0.05) is 18.2 Å². The monoisotopic (exact) mass is 385 g/mol. The minimum atomic E-state index is -0.824. The quantitative estimate of drug-likeness (QED) is 0.845. The molecule has 0 atom stereocenters. The molecule has 28 heavy (non-hydrogen) atoms. The van der Waals surface area contributed by atoms with Crippen LogP contribution in [0.1, 0.15) is 29.1 Å². The minimum Gasteiger partial charge on any atom is -0.481 e. The first-order valence-electron chi connectivity index (χ1n) is 9.15. The number of piperidine rings is 1. The SMILES string of the molecule is Cc1oc(-c2ccccc2)nc1C(=O)N(C)CC(=O)N1CCC(C(=O)O)CC1. The maximum absolute atomic E-state index is 12.7. The van der Waals surface area contributed by atoms with Crippen molar-refractivity contribution in [1.82, 2.24) is 14.8 Å². The second-order valence-electron chi connectivity index (χ2n) is 6.94. The van der Waals surface area contributed by atoms with Gasteiger partial charge in [0.05, 0.1) is 12.5 Å². The lowest BCUT2D eigenvalue weighted by molar-refractivity contribution is -0.145. The topological polar surface area (TPSA) is 104 Å². The summed E-state index contributed by atoms with van der Waals surface area (Å²) in [4.78, 5) is 43.4. The molecule has 1 aromatic carbocycles. The molecule has 2 amide bonds. The summed E-state index contributed by atoms with van der Waals surface area (Å²) < 4.78 is 5.62. The Morgan fingerprint density at radius 1 is 1.21 bits per heavy atom. The van der Waals surface area contributed by atoms with E-state index in [1.54, 1.807) is 18.9 Å². The fraction of sp³-hybridized carbons (Fsp3) is 0.400. The smallest absolute Gasteiger partial charge is 0.306 e. The van der Waals surface area contributed by atoms with Gasteiger partial charge >= 0.3 is 5.97 Å². The van der Waals surface area contributed by atoms with Crippen molar-refractivity contribution in [1.29, 1.82) is 0 Å². The van der Waals surface area contributed by atoms with Gasteiger partial charge in [0.2, 0.25) is 11.8 Å². The van der Waals surface area contributed by atoms with Crippen LogP contribution >= 0.6 is 0 Å². The maximum Gasteiger partial charge on any atom is 0.306 e. The van der Waals surface area contributed by atoms with Crippen molar-refractivity contribution in [2.24, 2.45) is 5.92 Å². The highest BCUT2D eigenvalue weighted by Gasteiger charge is 2.29. The van der Waals surface area contributed by atoms with Gasteiger partial charge in [-0.05, 0) is 31.9 Å². The van der Waals surface area contributed by atoms with E-state index in [9.17, 15) is 14.4 Å². The van der Waals surface area contributed by atoms with Crippen LogP contribution in [0, 0.1) is 12.8 Å². The molecule has 1 saturated heterocycles. The number of amides is 2. The lowest BCUT2D eigenvalue weighted by Crippen LogP contribution is -2.45. The van der Waals surface area contributed by atoms with Crippen LogP contribution in [-0.4, -0.2) is 64.4 Å². The number of nitrogens with zero attached hydrogens (tertiary/aromatic N) is 3. The van der Waals surface area contributed by atoms with E-state index in [1.807, 2.05) is 30.3 Å². The Kier molecular flexibility index (Phi) is 5.77. The van der Waals surface area contributed by atoms with Gasteiger partial charge in [0.15, 0.2) is 5.69 Å². The number of carbonyl (C=O) groups is 3. The van der Waals surface area contributed by atoms with Crippen LogP contribution in [0.25, 0.3) is 11.5 Å². The number of aromatic nitrogens is 1. The molecule has 0 spiro atoms. The van der Waals surface area contributed by atoms with Gasteiger partial charge in [0, 0.05) is 25.7 Å². The van der Waals surface area contributed by atoms with Crippen LogP contribution in [0.4, 0.5) is 0 Å². The van der Waals surface area contributed by atoms with E-state index in [0.29, 0.717) is 37.6 Å². The molecule has 1 N–H and O–H groups in total. The van der Waals surface area contributed by atoms with E-state index in [-0.39, 0.29) is 18.1 Å². The van der Waals surface area contributed by atoms with Gasteiger partial charge < -0.3 is 19.3 Å². The number of aryl methyl sites for hydroxylation is 1. The van der Waals surface area contributed by atoms with Crippen LogP contribution in [0.5, 0.6) is 0 Å². The number of carboxylic acids is 1. The molecule has 0 aliphatic carbocycles. The Labute approximate surface area is 162 Å². The Morgan fingerprint density at radius 3 is 2.46 bits per heavy atom. The van der Waals surface area contributed by atoms with Crippen LogP contribution in [0.2, 0.25) is 0 Å². The molecular weight excluding hydrogens is 362 g/mol. The molecule has 148 valence electrons. The Hall–Kier alpha value is -3.16. The van der Waals surface area contributed by atoms with Crippen LogP contribution in [0.15, 0.2) is 34.7 Å². The molecule has 1 aromatic heterocycles. The van der Waals surface area contributed by atoms with Crippen molar-refractivity contribution in [2.45, 2.75) is 19.8 Å². The molecule has 1 fully saturated rings. The summed E-state index contributed by atoms with van der Waals surface area (Å²) in [6.07, 6.45) is 0.864. The third-order valence-corrected chi connectivity index (χ3v) is 4.94. The molecule has 0 bridgehead atoms. The third-order valence-electron chi connectivity index (χ3n) is 4.94. The number of likely N-dealkylation sites (N-methyl/N-ethyl adjacent to an activating group) is 1. The number of carboxylic acid groups (broad SMARTS) is 1. The number of oxazole rings is 1. The zero-order valence-electron chi connectivity index (χ0n) is 15.9. The molecule has 0 saturated carbocycles. The first-order chi connectivity index (χ1) is 13.4. The zero-order chi connectivity index (χ0) is 20.3. The van der Waals surface area contributed by atoms with Gasteiger partial charge in [0.1, 0.15) is 5.76 Å². The maximum atomic E-state index is 12.7. The Morgan fingerprint density at radius 2 is 1.86 bits per heavy atom. The second-order valence-corrected chi connectivity index (χ2v) is 6.94. The van der Waals surface area contributed by atoms with Crippen molar-refractivity contribution in [3.05, 3.63) is 41.8 Å². The van der Waals surface area contributed by atoms with Gasteiger partial charge in [-0.2, -0.15) is 0 Å². The van der Waals surface area contributed by atoms with Gasteiger partial charge in [0.25, 0.3) is 5.91 Å². The fourth-order valence-corrected chi connectivity index (χ4v) is 3.23. The average molecular weight is 385 g/mol. The largest absolute Gasteiger partial charge is 0.481 e. The van der Waals surface area contributed by atoms with Crippen LogP contribution in [0.3, 0.4) is 0 Å². The highest BCUT2D eigenvalue weighted by molar-refractivity contribution is 5.96. The summed E-state index contributed by atoms with van der Waals surface area (Å²) in [6, 6.07) is 9.27. The van der Waals surface area contributed by atoms with Crippen molar-refractivity contribution >= 4 is 17.8 Å². The van der Waals surface area contributed by atoms with Crippen molar-refractivity contribution in [3.8, 4) is 11.5 Å². The summed E-state index contributed by atoms with van der Waals surface area (Å²) in [5.74, 6) is -1.07. The van der Waals surface area contributed by atoms with Gasteiger partial charge in [-0.3, -0.25) is 14.4 Å². The summed E-state index contributed by atoms with van der Waals surface area (Å²) >= 11 is 0. The van der Waals surface area contributed by atoms with Gasteiger partial charge in [-0.15, -0.1) is 0 Å². The fourth-order valence-electron chi connectivity index (χ4n) is 3.23. The Bertz CT molecular complexity index is 869. The lowest BCUT2D eigenvalue weighted by Gasteiger charge is -2.31. The molecule has 8 heteroatoms.